The van der Waals surface area contributed by atoms with Crippen LogP contribution >= 0.6 is 0 Å². The highest BCUT2D eigenvalue weighted by Gasteiger charge is 2.13. The Morgan fingerprint density at radius 3 is 2.69 bits per heavy atom. The normalized spacial score (nSPS) is 13.1. The minimum Gasteiger partial charge on any atom is -0.329 e. The number of hydrogen-bond acceptors (Lipinski definition) is 2. The van der Waals surface area contributed by atoms with Gasteiger partial charge in [0.1, 0.15) is 5.82 Å². The van der Waals surface area contributed by atoms with Gasteiger partial charge in [0.05, 0.1) is 0 Å². The summed E-state index contributed by atoms with van der Waals surface area (Å²) in [4.78, 5) is 0. The number of nitrogens with two attached hydrogens (primary N) is 1. The van der Waals surface area contributed by atoms with Crippen LogP contribution in [0.1, 0.15) is 19.4 Å². The van der Waals surface area contributed by atoms with Crippen molar-refractivity contribution in [1.29, 1.82) is 0 Å². The van der Waals surface area contributed by atoms with Gasteiger partial charge in [-0.3, -0.25) is 0 Å². The Morgan fingerprint density at radius 1 is 1.38 bits per heavy atom. The molecule has 0 radical (unpaired) electrons. The van der Waals surface area contributed by atoms with Crippen LogP contribution in [0.25, 0.3) is 0 Å². The lowest BCUT2D eigenvalue weighted by Crippen LogP contribution is -2.38. The van der Waals surface area contributed by atoms with Crippen molar-refractivity contribution in [3.8, 4) is 0 Å². The van der Waals surface area contributed by atoms with Crippen LogP contribution in [0.15, 0.2) is 24.3 Å². The van der Waals surface area contributed by atoms with E-state index in [9.17, 15) is 4.39 Å². The highest BCUT2D eigenvalue weighted by Crippen LogP contribution is 2.11. The Bertz CT molecular complexity index is 313. The molecule has 1 unspecified atom stereocenters. The van der Waals surface area contributed by atoms with E-state index >= 15 is 0 Å². The van der Waals surface area contributed by atoms with E-state index in [1.54, 1.807) is 12.1 Å². The molecule has 0 saturated carbocycles. The van der Waals surface area contributed by atoms with Crippen LogP contribution in [0.4, 0.5) is 4.39 Å². The summed E-state index contributed by atoms with van der Waals surface area (Å²) in [5.74, 6) is 0.341. The molecule has 2 nitrogen and oxygen atoms in total. The number of hydrogen-bond donors (Lipinski definition) is 2. The molecule has 1 rings (SSSR count). The lowest BCUT2D eigenvalue weighted by molar-refractivity contribution is 0.400. The smallest absolute Gasteiger partial charge is 0.123 e. The molecule has 0 aromatic heterocycles. The second-order valence-corrected chi connectivity index (χ2v) is 4.43. The van der Waals surface area contributed by atoms with E-state index in [4.69, 9.17) is 5.73 Å². The van der Waals surface area contributed by atoms with E-state index < -0.39 is 0 Å². The van der Waals surface area contributed by atoms with Gasteiger partial charge in [-0.15, -0.1) is 0 Å². The summed E-state index contributed by atoms with van der Waals surface area (Å²) in [5, 5.41) is 3.39. The van der Waals surface area contributed by atoms with Crippen molar-refractivity contribution in [2.24, 2.45) is 11.7 Å². The van der Waals surface area contributed by atoms with Gasteiger partial charge in [0.2, 0.25) is 0 Å². The predicted molar refractivity (Wildman–Crippen MR) is 65.8 cm³/mol. The first-order valence-electron chi connectivity index (χ1n) is 5.81. The molecule has 3 heteroatoms. The summed E-state index contributed by atoms with van der Waals surface area (Å²) in [5.41, 5.74) is 6.50. The Labute approximate surface area is 97.0 Å². The second-order valence-electron chi connectivity index (χ2n) is 4.43. The van der Waals surface area contributed by atoms with E-state index in [1.807, 2.05) is 6.07 Å². The largest absolute Gasteiger partial charge is 0.329 e. The maximum absolute atomic E-state index is 13.0. The van der Waals surface area contributed by atoms with E-state index in [-0.39, 0.29) is 5.82 Å². The number of benzene rings is 1. The molecule has 0 amide bonds. The molecule has 0 aliphatic rings. The van der Waals surface area contributed by atoms with Crippen molar-refractivity contribution in [1.82, 2.24) is 5.32 Å². The fourth-order valence-corrected chi connectivity index (χ4v) is 1.73. The highest BCUT2D eigenvalue weighted by molar-refractivity contribution is 5.17. The van der Waals surface area contributed by atoms with Crippen molar-refractivity contribution < 1.29 is 4.39 Å². The fourth-order valence-electron chi connectivity index (χ4n) is 1.73. The molecule has 0 bridgehead atoms. The van der Waals surface area contributed by atoms with Crippen molar-refractivity contribution in [3.63, 3.8) is 0 Å². The molecule has 0 aliphatic carbocycles. The van der Waals surface area contributed by atoms with Gasteiger partial charge in [-0.2, -0.15) is 0 Å². The van der Waals surface area contributed by atoms with Gasteiger partial charge in [-0.05, 0) is 30.0 Å². The molecular weight excluding hydrogens is 203 g/mol. The number of halogens is 1. The molecule has 1 atom stereocenters. The summed E-state index contributed by atoms with van der Waals surface area (Å²) >= 11 is 0. The zero-order valence-electron chi connectivity index (χ0n) is 10.0. The third kappa shape index (κ3) is 4.29. The van der Waals surface area contributed by atoms with Crippen LogP contribution in [0.3, 0.4) is 0 Å². The summed E-state index contributed by atoms with van der Waals surface area (Å²) in [6.07, 6.45) is 0.843. The molecule has 1 aromatic rings. The quantitative estimate of drug-likeness (QED) is 0.775. The molecule has 16 heavy (non-hydrogen) atoms. The predicted octanol–water partition coefficient (Wildman–Crippen LogP) is 1.94. The minimum absolute atomic E-state index is 0.168. The van der Waals surface area contributed by atoms with Crippen LogP contribution in [0, 0.1) is 11.7 Å². The average Bonchev–Trinajstić information content (AvgIpc) is 2.24. The van der Waals surface area contributed by atoms with Gasteiger partial charge in [0.25, 0.3) is 0 Å². The van der Waals surface area contributed by atoms with Gasteiger partial charge in [0.15, 0.2) is 0 Å². The fraction of sp³-hybridized carbons (Fsp3) is 0.538. The first-order valence-corrected chi connectivity index (χ1v) is 5.81. The van der Waals surface area contributed by atoms with Crippen molar-refractivity contribution in [3.05, 3.63) is 35.6 Å². The number of nitrogens with one attached hydrogen (secondary N) is 1. The van der Waals surface area contributed by atoms with Gasteiger partial charge in [-0.25, -0.2) is 4.39 Å². The Hall–Kier alpha value is -0.930. The van der Waals surface area contributed by atoms with Gasteiger partial charge in [-0.1, -0.05) is 26.0 Å². The van der Waals surface area contributed by atoms with Crippen molar-refractivity contribution in [2.45, 2.75) is 26.3 Å². The monoisotopic (exact) mass is 224 g/mol. The van der Waals surface area contributed by atoms with Crippen LogP contribution < -0.4 is 11.1 Å². The van der Waals surface area contributed by atoms with E-state index in [1.165, 1.54) is 6.07 Å². The molecule has 0 heterocycles. The Balaban J connectivity index is 2.60. The molecule has 3 N–H and O–H groups in total. The van der Waals surface area contributed by atoms with Crippen LogP contribution in [-0.2, 0) is 6.42 Å². The molecule has 0 fully saturated rings. The van der Waals surface area contributed by atoms with Gasteiger partial charge < -0.3 is 11.1 Å². The molecule has 1 aromatic carbocycles. The third-order valence-corrected chi connectivity index (χ3v) is 2.70. The lowest BCUT2D eigenvalue weighted by atomic mass is 9.96. The van der Waals surface area contributed by atoms with Gasteiger partial charge in [0, 0.05) is 19.1 Å². The van der Waals surface area contributed by atoms with E-state index in [2.05, 4.69) is 19.2 Å². The summed E-state index contributed by atoms with van der Waals surface area (Å²) in [6.45, 7) is 5.76. The van der Waals surface area contributed by atoms with Crippen LogP contribution in [0.2, 0.25) is 0 Å². The van der Waals surface area contributed by atoms with Crippen LogP contribution in [0.5, 0.6) is 0 Å². The Kier molecular flexibility index (Phi) is 5.43. The summed E-state index contributed by atoms with van der Waals surface area (Å²) in [6, 6.07) is 7.14. The lowest BCUT2D eigenvalue weighted by Gasteiger charge is -2.22. The molecule has 0 spiro atoms. The average molecular weight is 224 g/mol. The molecule has 90 valence electrons. The minimum atomic E-state index is -0.168. The molecular formula is C13H21FN2. The van der Waals surface area contributed by atoms with Crippen molar-refractivity contribution >= 4 is 0 Å². The Morgan fingerprint density at radius 2 is 2.12 bits per heavy atom. The summed E-state index contributed by atoms with van der Waals surface area (Å²) < 4.78 is 13.0. The van der Waals surface area contributed by atoms with Gasteiger partial charge >= 0.3 is 0 Å². The topological polar surface area (TPSA) is 38.0 Å². The standard InChI is InChI=1S/C13H21FN2/c1-10(2)13(16-7-6-15)9-11-4-3-5-12(14)8-11/h3-5,8,10,13,16H,6-7,9,15H2,1-2H3. The molecule has 0 aliphatic heterocycles. The first kappa shape index (κ1) is 13.1. The van der Waals surface area contributed by atoms with E-state index in [0.29, 0.717) is 18.5 Å². The zero-order valence-corrected chi connectivity index (χ0v) is 10.0. The third-order valence-electron chi connectivity index (χ3n) is 2.70. The number of rotatable bonds is 6. The SMILES string of the molecule is CC(C)C(Cc1cccc(F)c1)NCCN. The summed E-state index contributed by atoms with van der Waals surface area (Å²) in [7, 11) is 0. The zero-order chi connectivity index (χ0) is 12.0. The maximum Gasteiger partial charge on any atom is 0.123 e. The first-order chi connectivity index (χ1) is 7.63. The van der Waals surface area contributed by atoms with Crippen molar-refractivity contribution in [2.75, 3.05) is 13.1 Å². The highest BCUT2D eigenvalue weighted by atomic mass is 19.1. The molecule has 0 saturated heterocycles. The van der Waals surface area contributed by atoms with Crippen LogP contribution in [-0.4, -0.2) is 19.1 Å². The second kappa shape index (κ2) is 6.61. The van der Waals surface area contributed by atoms with E-state index in [0.717, 1.165) is 18.5 Å². The maximum atomic E-state index is 13.0.